The monoisotopic (exact) mass is 277 g/mol. The van der Waals surface area contributed by atoms with Gasteiger partial charge in [0.05, 0.1) is 5.69 Å². The minimum Gasteiger partial charge on any atom is -0.484 e. The molecule has 0 saturated carbocycles. The van der Waals surface area contributed by atoms with Crippen molar-refractivity contribution in [3.8, 4) is 5.75 Å². The smallest absolute Gasteiger partial charge is 0.165 e. The van der Waals surface area contributed by atoms with Crippen LogP contribution >= 0.6 is 0 Å². The predicted octanol–water partition coefficient (Wildman–Crippen LogP) is 3.20. The summed E-state index contributed by atoms with van der Waals surface area (Å²) in [6, 6.07) is 6.76. The van der Waals surface area contributed by atoms with E-state index in [2.05, 4.69) is 5.10 Å². The van der Waals surface area contributed by atoms with Crippen LogP contribution in [-0.2, 0) is 6.61 Å². The minimum absolute atomic E-state index is 0.194. The molecule has 2 rings (SSSR count). The standard InChI is InChI=1S/C15H20FN3O/c1-10(2)19-7-6-13(18-19)9-20-15-5-4-12(11(3)17)8-14(15)16/h4-8,10-11H,9,17H2,1-3H3/t11-/m1/s1. The molecule has 1 atom stereocenters. The van der Waals surface area contributed by atoms with Crippen molar-refractivity contribution in [3.63, 3.8) is 0 Å². The molecule has 2 aromatic rings. The second-order valence-electron chi connectivity index (χ2n) is 5.15. The van der Waals surface area contributed by atoms with Crippen molar-refractivity contribution in [1.29, 1.82) is 0 Å². The lowest BCUT2D eigenvalue weighted by molar-refractivity contribution is 0.283. The number of rotatable bonds is 5. The highest BCUT2D eigenvalue weighted by molar-refractivity contribution is 5.30. The van der Waals surface area contributed by atoms with Crippen molar-refractivity contribution in [2.75, 3.05) is 0 Å². The number of hydrogen-bond acceptors (Lipinski definition) is 3. The van der Waals surface area contributed by atoms with Gasteiger partial charge in [-0.15, -0.1) is 0 Å². The quantitative estimate of drug-likeness (QED) is 0.913. The summed E-state index contributed by atoms with van der Waals surface area (Å²) in [6.45, 7) is 6.15. The Kier molecular flexibility index (Phi) is 4.39. The maximum Gasteiger partial charge on any atom is 0.165 e. The van der Waals surface area contributed by atoms with Gasteiger partial charge in [-0.25, -0.2) is 4.39 Å². The van der Waals surface area contributed by atoms with Crippen LogP contribution in [0.25, 0.3) is 0 Å². The van der Waals surface area contributed by atoms with Crippen LogP contribution in [0.1, 0.15) is 44.1 Å². The summed E-state index contributed by atoms with van der Waals surface area (Å²) in [5.74, 6) is -0.184. The van der Waals surface area contributed by atoms with Crippen LogP contribution < -0.4 is 10.5 Å². The second-order valence-corrected chi connectivity index (χ2v) is 5.15. The molecule has 0 aliphatic heterocycles. The van der Waals surface area contributed by atoms with E-state index in [9.17, 15) is 4.39 Å². The first-order valence-corrected chi connectivity index (χ1v) is 6.69. The first kappa shape index (κ1) is 14.5. The van der Waals surface area contributed by atoms with E-state index < -0.39 is 5.82 Å². The van der Waals surface area contributed by atoms with Gasteiger partial charge < -0.3 is 10.5 Å². The average Bonchev–Trinajstić information content (AvgIpc) is 2.86. The highest BCUT2D eigenvalue weighted by Crippen LogP contribution is 2.22. The molecule has 0 radical (unpaired) electrons. The van der Waals surface area contributed by atoms with Gasteiger partial charge in [0.1, 0.15) is 6.61 Å². The first-order valence-electron chi connectivity index (χ1n) is 6.69. The fraction of sp³-hybridized carbons (Fsp3) is 0.400. The minimum atomic E-state index is -0.400. The van der Waals surface area contributed by atoms with Crippen LogP contribution in [0.2, 0.25) is 0 Å². The van der Waals surface area contributed by atoms with Gasteiger partial charge in [0.15, 0.2) is 11.6 Å². The van der Waals surface area contributed by atoms with Gasteiger partial charge in [0.2, 0.25) is 0 Å². The lowest BCUT2D eigenvalue weighted by Gasteiger charge is -2.09. The molecular weight excluding hydrogens is 257 g/mol. The van der Waals surface area contributed by atoms with Crippen molar-refractivity contribution in [2.45, 2.75) is 39.5 Å². The van der Waals surface area contributed by atoms with Crippen molar-refractivity contribution < 1.29 is 9.13 Å². The molecule has 0 aliphatic rings. The summed E-state index contributed by atoms with van der Waals surface area (Å²) in [5, 5.41) is 4.35. The normalized spacial score (nSPS) is 12.7. The summed E-state index contributed by atoms with van der Waals surface area (Å²) >= 11 is 0. The summed E-state index contributed by atoms with van der Waals surface area (Å²) in [7, 11) is 0. The molecule has 108 valence electrons. The van der Waals surface area contributed by atoms with E-state index >= 15 is 0 Å². The molecule has 1 aromatic heterocycles. The van der Waals surface area contributed by atoms with Gasteiger partial charge in [-0.2, -0.15) is 5.10 Å². The van der Waals surface area contributed by atoms with Crippen LogP contribution in [-0.4, -0.2) is 9.78 Å². The molecule has 1 heterocycles. The van der Waals surface area contributed by atoms with Crippen LogP contribution in [0.5, 0.6) is 5.75 Å². The highest BCUT2D eigenvalue weighted by atomic mass is 19.1. The zero-order valence-electron chi connectivity index (χ0n) is 12.0. The Labute approximate surface area is 118 Å². The highest BCUT2D eigenvalue weighted by Gasteiger charge is 2.09. The van der Waals surface area contributed by atoms with Crippen LogP contribution in [0.3, 0.4) is 0 Å². The summed E-state index contributed by atoms with van der Waals surface area (Å²) in [6.07, 6.45) is 1.89. The maximum atomic E-state index is 13.8. The third kappa shape index (κ3) is 3.36. The van der Waals surface area contributed by atoms with Crippen LogP contribution in [0, 0.1) is 5.82 Å². The van der Waals surface area contributed by atoms with E-state index in [1.165, 1.54) is 6.07 Å². The fourth-order valence-electron chi connectivity index (χ4n) is 1.81. The molecule has 0 spiro atoms. The molecule has 0 fully saturated rings. The van der Waals surface area contributed by atoms with E-state index in [1.54, 1.807) is 12.1 Å². The largest absolute Gasteiger partial charge is 0.484 e. The molecule has 0 amide bonds. The molecule has 0 bridgehead atoms. The van der Waals surface area contributed by atoms with E-state index in [1.807, 2.05) is 37.7 Å². The summed E-state index contributed by atoms with van der Waals surface area (Å²) in [4.78, 5) is 0. The lowest BCUT2D eigenvalue weighted by atomic mass is 10.1. The van der Waals surface area contributed by atoms with Crippen LogP contribution in [0.4, 0.5) is 4.39 Å². The van der Waals surface area contributed by atoms with Crippen LogP contribution in [0.15, 0.2) is 30.5 Å². The maximum absolute atomic E-state index is 13.8. The Morgan fingerprint density at radius 3 is 2.60 bits per heavy atom. The Hall–Kier alpha value is -1.88. The zero-order chi connectivity index (χ0) is 14.7. The molecule has 0 unspecified atom stereocenters. The molecule has 5 heteroatoms. The summed E-state index contributed by atoms with van der Waals surface area (Å²) in [5.41, 5.74) is 7.23. The first-order chi connectivity index (χ1) is 9.47. The molecule has 2 N–H and O–H groups in total. The van der Waals surface area contributed by atoms with Crippen molar-refractivity contribution in [3.05, 3.63) is 47.5 Å². The van der Waals surface area contributed by atoms with Gasteiger partial charge in [-0.3, -0.25) is 4.68 Å². The molecule has 0 saturated heterocycles. The molecule has 20 heavy (non-hydrogen) atoms. The van der Waals surface area contributed by atoms with Gasteiger partial charge >= 0.3 is 0 Å². The Morgan fingerprint density at radius 2 is 2.05 bits per heavy atom. The Balaban J connectivity index is 2.03. The number of hydrogen-bond donors (Lipinski definition) is 1. The second kappa shape index (κ2) is 6.05. The number of nitrogens with zero attached hydrogens (tertiary/aromatic N) is 2. The zero-order valence-corrected chi connectivity index (χ0v) is 12.0. The van der Waals surface area contributed by atoms with Gasteiger partial charge in [-0.05, 0) is 44.5 Å². The Bertz CT molecular complexity index is 578. The van der Waals surface area contributed by atoms with Gasteiger partial charge in [0, 0.05) is 18.3 Å². The average molecular weight is 277 g/mol. The van der Waals surface area contributed by atoms with E-state index in [0.29, 0.717) is 6.04 Å². The van der Waals surface area contributed by atoms with Gasteiger partial charge in [0.25, 0.3) is 0 Å². The van der Waals surface area contributed by atoms with E-state index in [-0.39, 0.29) is 18.4 Å². The van der Waals surface area contributed by atoms with Gasteiger partial charge in [-0.1, -0.05) is 6.07 Å². The SMILES string of the molecule is CC(C)n1ccc(COc2ccc([C@@H](C)N)cc2F)n1. The van der Waals surface area contributed by atoms with Crippen molar-refractivity contribution in [1.82, 2.24) is 9.78 Å². The van der Waals surface area contributed by atoms with Crippen molar-refractivity contribution in [2.24, 2.45) is 5.73 Å². The third-order valence-corrected chi connectivity index (χ3v) is 3.05. The molecule has 0 aliphatic carbocycles. The number of nitrogens with two attached hydrogens (primary N) is 1. The number of ether oxygens (including phenoxy) is 1. The number of aromatic nitrogens is 2. The number of halogens is 1. The topological polar surface area (TPSA) is 53.1 Å². The van der Waals surface area contributed by atoms with E-state index in [4.69, 9.17) is 10.5 Å². The Morgan fingerprint density at radius 1 is 1.30 bits per heavy atom. The predicted molar refractivity (Wildman–Crippen MR) is 75.9 cm³/mol. The van der Waals surface area contributed by atoms with Crippen molar-refractivity contribution >= 4 is 0 Å². The molecule has 1 aromatic carbocycles. The number of benzene rings is 1. The third-order valence-electron chi connectivity index (χ3n) is 3.05. The molecular formula is C15H20FN3O. The fourth-order valence-corrected chi connectivity index (χ4v) is 1.81. The summed E-state index contributed by atoms with van der Waals surface area (Å²) < 4.78 is 21.1. The lowest BCUT2D eigenvalue weighted by Crippen LogP contribution is -2.06. The molecule has 4 nitrogen and oxygen atoms in total. The van der Waals surface area contributed by atoms with E-state index in [0.717, 1.165) is 11.3 Å².